The van der Waals surface area contributed by atoms with Gasteiger partial charge in [-0.05, 0) is 36.8 Å². The van der Waals surface area contributed by atoms with Crippen LogP contribution in [0.2, 0.25) is 0 Å². The molecular formula is C17H21N3O3. The van der Waals surface area contributed by atoms with Gasteiger partial charge in [0.15, 0.2) is 0 Å². The lowest BCUT2D eigenvalue weighted by Gasteiger charge is -2.36. The van der Waals surface area contributed by atoms with Crippen LogP contribution >= 0.6 is 0 Å². The van der Waals surface area contributed by atoms with Crippen LogP contribution in [0.4, 0.5) is 0 Å². The van der Waals surface area contributed by atoms with Gasteiger partial charge in [0, 0.05) is 20.2 Å². The number of methoxy groups -OCH3 is 1. The second-order valence-corrected chi connectivity index (χ2v) is 6.41. The van der Waals surface area contributed by atoms with Crippen molar-refractivity contribution in [2.75, 3.05) is 20.3 Å². The minimum Gasteiger partial charge on any atom is -0.472 e. The van der Waals surface area contributed by atoms with E-state index in [1.807, 2.05) is 11.1 Å². The van der Waals surface area contributed by atoms with E-state index in [1.54, 1.807) is 13.2 Å². The maximum atomic E-state index is 12.8. The highest BCUT2D eigenvalue weighted by atomic mass is 16.5. The number of amides is 1. The molecule has 0 radical (unpaired) electrons. The number of furan rings is 1. The summed E-state index contributed by atoms with van der Waals surface area (Å²) in [5.74, 6) is 0.729. The summed E-state index contributed by atoms with van der Waals surface area (Å²) in [4.78, 5) is 14.7. The van der Waals surface area contributed by atoms with Gasteiger partial charge in [-0.3, -0.25) is 9.48 Å². The first-order chi connectivity index (χ1) is 11.3. The standard InChI is InChI=1S/C17H21N3O3/c1-22-11-15-16-13(8-18-20(16)9-12-2-3-12)4-6-19(15)17(21)14-5-7-23-10-14/h5,7-8,10,12,15H,2-4,6,9,11H2,1H3/t15-/m1/s1. The zero-order valence-corrected chi connectivity index (χ0v) is 13.3. The SMILES string of the molecule is COC[C@@H]1c2c(cnn2CC2CC2)CCN1C(=O)c1ccoc1. The van der Waals surface area contributed by atoms with Gasteiger partial charge in [-0.15, -0.1) is 0 Å². The van der Waals surface area contributed by atoms with Crippen molar-refractivity contribution in [3.8, 4) is 0 Å². The maximum Gasteiger partial charge on any atom is 0.257 e. The number of hydrogen-bond donors (Lipinski definition) is 0. The first-order valence-corrected chi connectivity index (χ1v) is 8.14. The van der Waals surface area contributed by atoms with E-state index in [4.69, 9.17) is 9.15 Å². The monoisotopic (exact) mass is 315 g/mol. The van der Waals surface area contributed by atoms with E-state index in [-0.39, 0.29) is 11.9 Å². The van der Waals surface area contributed by atoms with Crippen LogP contribution in [0.25, 0.3) is 0 Å². The Bertz CT molecular complexity index is 688. The molecule has 0 spiro atoms. The van der Waals surface area contributed by atoms with Gasteiger partial charge < -0.3 is 14.1 Å². The predicted octanol–water partition coefficient (Wildman–Crippen LogP) is 2.27. The van der Waals surface area contributed by atoms with Crippen LogP contribution in [0.15, 0.2) is 29.2 Å². The lowest BCUT2D eigenvalue weighted by Crippen LogP contribution is -2.42. The molecule has 2 aromatic heterocycles. The van der Waals surface area contributed by atoms with Gasteiger partial charge in [0.05, 0.1) is 36.4 Å². The van der Waals surface area contributed by atoms with Crippen molar-refractivity contribution in [2.45, 2.75) is 31.8 Å². The van der Waals surface area contributed by atoms with E-state index in [2.05, 4.69) is 9.78 Å². The van der Waals surface area contributed by atoms with E-state index in [0.29, 0.717) is 18.7 Å². The summed E-state index contributed by atoms with van der Waals surface area (Å²) < 4.78 is 12.6. The molecule has 0 bridgehead atoms. The Kier molecular flexibility index (Phi) is 3.69. The minimum atomic E-state index is -0.0904. The van der Waals surface area contributed by atoms with Gasteiger partial charge in [-0.1, -0.05) is 0 Å². The summed E-state index contributed by atoms with van der Waals surface area (Å²) in [6.45, 7) is 2.11. The van der Waals surface area contributed by atoms with Crippen LogP contribution in [0.3, 0.4) is 0 Å². The van der Waals surface area contributed by atoms with E-state index < -0.39 is 0 Å². The first kappa shape index (κ1) is 14.5. The predicted molar refractivity (Wildman–Crippen MR) is 83.0 cm³/mol. The molecule has 0 aromatic carbocycles. The fraction of sp³-hybridized carbons (Fsp3) is 0.529. The van der Waals surface area contributed by atoms with Gasteiger partial charge >= 0.3 is 0 Å². The number of aromatic nitrogens is 2. The summed E-state index contributed by atoms with van der Waals surface area (Å²) in [5.41, 5.74) is 2.97. The Labute approximate surface area is 135 Å². The second-order valence-electron chi connectivity index (χ2n) is 6.41. The van der Waals surface area contributed by atoms with E-state index in [9.17, 15) is 4.79 Å². The fourth-order valence-corrected chi connectivity index (χ4v) is 3.37. The summed E-state index contributed by atoms with van der Waals surface area (Å²) in [7, 11) is 1.68. The normalized spacial score (nSPS) is 20.6. The van der Waals surface area contributed by atoms with Crippen LogP contribution in [0, 0.1) is 5.92 Å². The zero-order chi connectivity index (χ0) is 15.8. The molecule has 1 aliphatic carbocycles. The van der Waals surface area contributed by atoms with Gasteiger partial charge in [0.25, 0.3) is 5.91 Å². The highest BCUT2D eigenvalue weighted by molar-refractivity contribution is 5.94. The molecule has 0 unspecified atom stereocenters. The maximum absolute atomic E-state index is 12.8. The highest BCUT2D eigenvalue weighted by Crippen LogP contribution is 2.35. The summed E-state index contributed by atoms with van der Waals surface area (Å²) in [6.07, 6.45) is 8.39. The number of carbonyl (C=O) groups is 1. The van der Waals surface area contributed by atoms with Crippen LogP contribution in [0.5, 0.6) is 0 Å². The summed E-state index contributed by atoms with van der Waals surface area (Å²) in [5, 5.41) is 4.57. The van der Waals surface area contributed by atoms with E-state index in [1.165, 1.54) is 30.9 Å². The van der Waals surface area contributed by atoms with Crippen LogP contribution in [0.1, 0.15) is 40.5 Å². The smallest absolute Gasteiger partial charge is 0.257 e. The van der Waals surface area contributed by atoms with Crippen molar-refractivity contribution in [1.29, 1.82) is 0 Å². The second kappa shape index (κ2) is 5.85. The van der Waals surface area contributed by atoms with Crippen LogP contribution < -0.4 is 0 Å². The molecule has 1 aliphatic heterocycles. The Morgan fingerprint density at radius 3 is 3.04 bits per heavy atom. The molecule has 2 aliphatic rings. The highest BCUT2D eigenvalue weighted by Gasteiger charge is 2.36. The molecule has 6 heteroatoms. The molecule has 4 rings (SSSR count). The minimum absolute atomic E-state index is 0.00868. The van der Waals surface area contributed by atoms with Crippen molar-refractivity contribution >= 4 is 5.91 Å². The third-order valence-electron chi connectivity index (χ3n) is 4.76. The number of nitrogens with zero attached hydrogens (tertiary/aromatic N) is 3. The van der Waals surface area contributed by atoms with Crippen molar-refractivity contribution in [3.63, 3.8) is 0 Å². The van der Waals surface area contributed by atoms with Gasteiger partial charge in [0.2, 0.25) is 0 Å². The Balaban J connectivity index is 1.66. The third kappa shape index (κ3) is 2.67. The lowest BCUT2D eigenvalue weighted by molar-refractivity contribution is 0.0481. The quantitative estimate of drug-likeness (QED) is 0.849. The number of carbonyl (C=O) groups excluding carboxylic acids is 1. The molecule has 1 saturated carbocycles. The molecule has 23 heavy (non-hydrogen) atoms. The molecule has 2 aromatic rings. The Morgan fingerprint density at radius 2 is 2.35 bits per heavy atom. The molecule has 1 amide bonds. The van der Waals surface area contributed by atoms with Crippen molar-refractivity contribution in [3.05, 3.63) is 41.6 Å². The molecule has 1 atom stereocenters. The third-order valence-corrected chi connectivity index (χ3v) is 4.76. The average Bonchev–Trinajstić information content (AvgIpc) is 3.05. The van der Waals surface area contributed by atoms with Crippen molar-refractivity contribution < 1.29 is 13.9 Å². The number of fused-ring (bicyclic) bond motifs is 1. The number of ether oxygens (including phenoxy) is 1. The molecular weight excluding hydrogens is 294 g/mol. The molecule has 1 fully saturated rings. The molecule has 122 valence electrons. The summed E-state index contributed by atoms with van der Waals surface area (Å²) in [6, 6.07) is 1.62. The van der Waals surface area contributed by atoms with E-state index >= 15 is 0 Å². The summed E-state index contributed by atoms with van der Waals surface area (Å²) >= 11 is 0. The van der Waals surface area contributed by atoms with Gasteiger partial charge in [-0.25, -0.2) is 0 Å². The van der Waals surface area contributed by atoms with Crippen LogP contribution in [-0.2, 0) is 17.7 Å². The first-order valence-electron chi connectivity index (χ1n) is 8.14. The Hall–Kier alpha value is -2.08. The van der Waals surface area contributed by atoms with Crippen molar-refractivity contribution in [1.82, 2.24) is 14.7 Å². The molecule has 0 saturated heterocycles. The average molecular weight is 315 g/mol. The Morgan fingerprint density at radius 1 is 1.48 bits per heavy atom. The fourth-order valence-electron chi connectivity index (χ4n) is 3.37. The zero-order valence-electron chi connectivity index (χ0n) is 13.3. The largest absolute Gasteiger partial charge is 0.472 e. The van der Waals surface area contributed by atoms with Gasteiger partial charge in [-0.2, -0.15) is 5.10 Å². The van der Waals surface area contributed by atoms with Gasteiger partial charge in [0.1, 0.15) is 6.26 Å². The topological polar surface area (TPSA) is 60.5 Å². The van der Waals surface area contributed by atoms with E-state index in [0.717, 1.165) is 24.6 Å². The van der Waals surface area contributed by atoms with Crippen LogP contribution in [-0.4, -0.2) is 40.8 Å². The molecule has 0 N–H and O–H groups in total. The molecule has 3 heterocycles. The number of hydrogen-bond acceptors (Lipinski definition) is 4. The number of rotatable bonds is 5. The molecule has 6 nitrogen and oxygen atoms in total. The lowest BCUT2D eigenvalue weighted by atomic mass is 9.99. The van der Waals surface area contributed by atoms with Crippen molar-refractivity contribution in [2.24, 2.45) is 5.92 Å².